The van der Waals surface area contributed by atoms with E-state index in [1.807, 2.05) is 20.8 Å². The van der Waals surface area contributed by atoms with Gasteiger partial charge in [-0.3, -0.25) is 0 Å². The number of hydrogen-bond donors (Lipinski definition) is 2. The second kappa shape index (κ2) is 5.91. The highest BCUT2D eigenvalue weighted by atomic mass is 35.5. The Morgan fingerprint density at radius 1 is 1.41 bits per heavy atom. The van der Waals surface area contributed by atoms with Crippen LogP contribution in [0.2, 0.25) is 0 Å². The highest BCUT2D eigenvalue weighted by Gasteiger charge is 2.39. The molecule has 1 fully saturated rings. The van der Waals surface area contributed by atoms with E-state index in [9.17, 15) is 4.79 Å². The van der Waals surface area contributed by atoms with Gasteiger partial charge in [-0.2, -0.15) is 0 Å². The number of hydrogen-bond acceptors (Lipinski definition) is 3. The van der Waals surface area contributed by atoms with Crippen molar-refractivity contribution in [1.82, 2.24) is 10.6 Å². The monoisotopic (exact) mass is 264 g/mol. The Bertz CT molecular complexity index is 256. The molecular weight excluding hydrogens is 240 g/mol. The molecular formula is C12H25ClN2O2. The highest BCUT2D eigenvalue weighted by molar-refractivity contribution is 5.85. The van der Waals surface area contributed by atoms with Crippen molar-refractivity contribution in [3.63, 3.8) is 0 Å². The van der Waals surface area contributed by atoms with Crippen molar-refractivity contribution in [2.24, 2.45) is 5.92 Å². The van der Waals surface area contributed by atoms with Gasteiger partial charge < -0.3 is 15.4 Å². The van der Waals surface area contributed by atoms with Gasteiger partial charge in [-0.1, -0.05) is 13.8 Å². The van der Waals surface area contributed by atoms with Gasteiger partial charge in [0.05, 0.1) is 5.54 Å². The number of amides is 1. The van der Waals surface area contributed by atoms with Crippen LogP contribution >= 0.6 is 12.4 Å². The number of carbonyl (C=O) groups is 1. The van der Waals surface area contributed by atoms with Gasteiger partial charge in [0, 0.05) is 6.54 Å². The summed E-state index contributed by atoms with van der Waals surface area (Å²) < 4.78 is 5.30. The van der Waals surface area contributed by atoms with Gasteiger partial charge in [-0.05, 0) is 39.7 Å². The minimum absolute atomic E-state index is 0. The van der Waals surface area contributed by atoms with Crippen molar-refractivity contribution in [3.05, 3.63) is 0 Å². The van der Waals surface area contributed by atoms with E-state index in [2.05, 4.69) is 24.5 Å². The second-order valence-electron chi connectivity index (χ2n) is 5.86. The van der Waals surface area contributed by atoms with Crippen LogP contribution in [-0.2, 0) is 4.74 Å². The smallest absolute Gasteiger partial charge is 0.408 e. The first-order valence-corrected chi connectivity index (χ1v) is 5.97. The third kappa shape index (κ3) is 4.72. The van der Waals surface area contributed by atoms with Crippen LogP contribution < -0.4 is 10.6 Å². The first kappa shape index (κ1) is 16.5. The van der Waals surface area contributed by atoms with Crippen LogP contribution in [0.25, 0.3) is 0 Å². The zero-order valence-electron chi connectivity index (χ0n) is 11.4. The molecule has 1 saturated heterocycles. The molecule has 0 spiro atoms. The first-order chi connectivity index (χ1) is 7.25. The maximum absolute atomic E-state index is 11.8. The van der Waals surface area contributed by atoms with Crippen molar-refractivity contribution in [2.75, 3.05) is 13.1 Å². The Morgan fingerprint density at radius 3 is 2.35 bits per heavy atom. The summed E-state index contributed by atoms with van der Waals surface area (Å²) in [6.07, 6.45) is 0.647. The molecule has 0 bridgehead atoms. The fourth-order valence-electron chi connectivity index (χ4n) is 1.96. The Morgan fingerprint density at radius 2 is 2.00 bits per heavy atom. The van der Waals surface area contributed by atoms with Crippen LogP contribution in [0.15, 0.2) is 0 Å². The molecule has 0 aromatic heterocycles. The molecule has 0 aromatic rings. The molecule has 1 atom stereocenters. The summed E-state index contributed by atoms with van der Waals surface area (Å²) in [5.41, 5.74) is -0.587. The van der Waals surface area contributed by atoms with Crippen molar-refractivity contribution in [2.45, 2.75) is 52.2 Å². The lowest BCUT2D eigenvalue weighted by Gasteiger charge is -2.34. The van der Waals surface area contributed by atoms with Gasteiger partial charge >= 0.3 is 6.09 Å². The average molecular weight is 265 g/mol. The van der Waals surface area contributed by atoms with E-state index in [0.717, 1.165) is 19.5 Å². The lowest BCUT2D eigenvalue weighted by molar-refractivity contribution is 0.0433. The molecule has 1 rings (SSSR count). The molecule has 1 heterocycles. The second-order valence-corrected chi connectivity index (χ2v) is 5.86. The predicted octanol–water partition coefficient (Wildman–Crippen LogP) is 2.32. The molecule has 1 unspecified atom stereocenters. The van der Waals surface area contributed by atoms with Crippen LogP contribution in [0.3, 0.4) is 0 Å². The third-order valence-corrected chi connectivity index (χ3v) is 3.04. The molecule has 2 N–H and O–H groups in total. The Balaban J connectivity index is 0.00000256. The van der Waals surface area contributed by atoms with Gasteiger partial charge in [0.2, 0.25) is 0 Å². The van der Waals surface area contributed by atoms with E-state index >= 15 is 0 Å². The van der Waals surface area contributed by atoms with Crippen molar-refractivity contribution < 1.29 is 9.53 Å². The number of nitrogens with one attached hydrogen (secondary N) is 2. The molecule has 0 radical (unpaired) electrons. The van der Waals surface area contributed by atoms with E-state index < -0.39 is 5.60 Å². The number of alkyl carbamates (subject to hydrolysis) is 1. The number of ether oxygens (including phenoxy) is 1. The van der Waals surface area contributed by atoms with Crippen molar-refractivity contribution in [1.29, 1.82) is 0 Å². The van der Waals surface area contributed by atoms with Crippen LogP contribution in [0.4, 0.5) is 4.79 Å². The lowest BCUT2D eigenvalue weighted by Crippen LogP contribution is -2.54. The van der Waals surface area contributed by atoms with Gasteiger partial charge in [0.1, 0.15) is 5.60 Å². The fourth-order valence-corrected chi connectivity index (χ4v) is 1.96. The molecule has 1 aliphatic heterocycles. The normalized spacial score (nSPS) is 24.4. The summed E-state index contributed by atoms with van der Waals surface area (Å²) in [6, 6.07) is 0. The molecule has 5 heteroatoms. The van der Waals surface area contributed by atoms with Crippen LogP contribution in [0.1, 0.15) is 41.0 Å². The molecule has 0 aliphatic carbocycles. The molecule has 1 amide bonds. The maximum Gasteiger partial charge on any atom is 0.408 e. The SMILES string of the molecule is CC(C)C1(NC(=O)OC(C)(C)C)CCNC1.Cl. The van der Waals surface area contributed by atoms with Gasteiger partial charge in [-0.25, -0.2) is 4.79 Å². The van der Waals surface area contributed by atoms with Gasteiger partial charge in [-0.15, -0.1) is 12.4 Å². The number of carbonyl (C=O) groups excluding carboxylic acids is 1. The molecule has 4 nitrogen and oxygen atoms in total. The maximum atomic E-state index is 11.8. The predicted molar refractivity (Wildman–Crippen MR) is 71.7 cm³/mol. The van der Waals surface area contributed by atoms with Crippen molar-refractivity contribution in [3.8, 4) is 0 Å². The van der Waals surface area contributed by atoms with Crippen molar-refractivity contribution >= 4 is 18.5 Å². The Labute approximate surface area is 110 Å². The number of rotatable bonds is 2. The van der Waals surface area contributed by atoms with E-state index in [1.165, 1.54) is 0 Å². The standard InChI is InChI=1S/C12H24N2O2.ClH/c1-9(2)12(6-7-13-8-12)14-10(15)16-11(3,4)5;/h9,13H,6-8H2,1-5H3,(H,14,15);1H. The molecule has 17 heavy (non-hydrogen) atoms. The van der Waals surface area contributed by atoms with E-state index in [-0.39, 0.29) is 24.0 Å². The van der Waals surface area contributed by atoms with Crippen LogP contribution in [0.5, 0.6) is 0 Å². The molecule has 0 saturated carbocycles. The quantitative estimate of drug-likeness (QED) is 0.805. The number of halogens is 1. The van der Waals surface area contributed by atoms with Crippen LogP contribution in [0, 0.1) is 5.92 Å². The largest absolute Gasteiger partial charge is 0.444 e. The summed E-state index contributed by atoms with van der Waals surface area (Å²) in [5, 5.41) is 6.32. The molecule has 1 aliphatic rings. The Hall–Kier alpha value is -0.480. The van der Waals surface area contributed by atoms with Crippen LogP contribution in [-0.4, -0.2) is 30.3 Å². The fraction of sp³-hybridized carbons (Fsp3) is 0.917. The summed E-state index contributed by atoms with van der Waals surface area (Å²) in [6.45, 7) is 11.7. The topological polar surface area (TPSA) is 50.4 Å². The van der Waals surface area contributed by atoms with E-state index in [1.54, 1.807) is 0 Å². The lowest BCUT2D eigenvalue weighted by atomic mass is 9.86. The minimum Gasteiger partial charge on any atom is -0.444 e. The molecule has 102 valence electrons. The molecule has 0 aromatic carbocycles. The Kier molecular flexibility index (Phi) is 5.75. The summed E-state index contributed by atoms with van der Waals surface area (Å²) in [5.74, 6) is 0.398. The van der Waals surface area contributed by atoms with Gasteiger partial charge in [0.25, 0.3) is 0 Å². The minimum atomic E-state index is -0.436. The zero-order chi connectivity index (χ0) is 12.4. The van der Waals surface area contributed by atoms with E-state index in [0.29, 0.717) is 5.92 Å². The van der Waals surface area contributed by atoms with Gasteiger partial charge in [0.15, 0.2) is 0 Å². The summed E-state index contributed by atoms with van der Waals surface area (Å²) >= 11 is 0. The summed E-state index contributed by atoms with van der Waals surface area (Å²) in [4.78, 5) is 11.8. The third-order valence-electron chi connectivity index (χ3n) is 3.04. The highest BCUT2D eigenvalue weighted by Crippen LogP contribution is 2.24. The first-order valence-electron chi connectivity index (χ1n) is 5.97. The zero-order valence-corrected chi connectivity index (χ0v) is 12.2. The van der Waals surface area contributed by atoms with E-state index in [4.69, 9.17) is 4.74 Å². The summed E-state index contributed by atoms with van der Waals surface area (Å²) in [7, 11) is 0. The average Bonchev–Trinajstić information content (AvgIpc) is 2.49.